The summed E-state index contributed by atoms with van der Waals surface area (Å²) in [5.41, 5.74) is 0. The van der Waals surface area contributed by atoms with Crippen LogP contribution < -0.4 is 5.32 Å². The van der Waals surface area contributed by atoms with E-state index in [0.29, 0.717) is 31.2 Å². The molecule has 2 atom stereocenters. The number of unbranched alkanes of at least 4 members (excludes halogenated alkanes) is 10. The van der Waals surface area contributed by atoms with Gasteiger partial charge in [0.15, 0.2) is 0 Å². The first-order valence-electron chi connectivity index (χ1n) is 20.6. The van der Waals surface area contributed by atoms with Crippen molar-refractivity contribution in [2.24, 2.45) is 5.92 Å². The highest BCUT2D eigenvalue weighted by molar-refractivity contribution is 5.70. The van der Waals surface area contributed by atoms with E-state index in [-0.39, 0.29) is 36.2 Å². The van der Waals surface area contributed by atoms with Crippen LogP contribution in [0, 0.1) is 5.92 Å². The van der Waals surface area contributed by atoms with Crippen molar-refractivity contribution < 1.29 is 28.6 Å². The van der Waals surface area contributed by atoms with Gasteiger partial charge in [-0.3, -0.25) is 14.4 Å². The standard InChI is InChI=1S/C41H77NO6/c1-6-10-22-36(23-11-7-2)46-39(43)28-20-16-14-18-26-38(48-41(45)33-35-30-31-42-34(5)32-35)27-19-15-17-21-29-40(44)47-37(24-12-8-3)25-13-9-4/h34-38,42H,6-33H2,1-5H3. The van der Waals surface area contributed by atoms with E-state index in [1.165, 1.54) is 0 Å². The van der Waals surface area contributed by atoms with Gasteiger partial charge >= 0.3 is 17.9 Å². The van der Waals surface area contributed by atoms with Crippen LogP contribution in [0.15, 0.2) is 0 Å². The van der Waals surface area contributed by atoms with Gasteiger partial charge in [-0.05, 0) is 96.4 Å². The topological polar surface area (TPSA) is 90.9 Å². The van der Waals surface area contributed by atoms with Gasteiger partial charge in [0.2, 0.25) is 0 Å². The Morgan fingerprint density at radius 1 is 0.542 bits per heavy atom. The van der Waals surface area contributed by atoms with Gasteiger partial charge in [0.1, 0.15) is 18.3 Å². The lowest BCUT2D eigenvalue weighted by atomic mass is 9.90. The third-order valence-electron chi connectivity index (χ3n) is 9.91. The zero-order valence-corrected chi connectivity index (χ0v) is 32.1. The number of carbonyl (C=O) groups excluding carboxylic acids is 3. The number of hydrogen-bond acceptors (Lipinski definition) is 7. The SMILES string of the molecule is CCCCC(CCCC)OC(=O)CCCCCCC(CCCCCCC(=O)OC(CCCC)CCCC)OC(=O)CC1CCNC(C)C1. The number of rotatable bonds is 31. The molecule has 1 aliphatic rings. The molecule has 282 valence electrons. The molecule has 1 rings (SSSR count). The maximum Gasteiger partial charge on any atom is 0.306 e. The number of piperidine rings is 1. The molecule has 0 aromatic carbocycles. The monoisotopic (exact) mass is 680 g/mol. The molecule has 1 heterocycles. The molecule has 0 aromatic rings. The minimum atomic E-state index is -0.0534. The fourth-order valence-corrected chi connectivity index (χ4v) is 6.88. The number of carbonyl (C=O) groups is 3. The van der Waals surface area contributed by atoms with Gasteiger partial charge in [-0.1, -0.05) is 105 Å². The van der Waals surface area contributed by atoms with Crippen molar-refractivity contribution in [1.29, 1.82) is 0 Å². The highest BCUT2D eigenvalue weighted by Crippen LogP contribution is 2.23. The third kappa shape index (κ3) is 24.5. The van der Waals surface area contributed by atoms with Crippen molar-refractivity contribution in [1.82, 2.24) is 5.32 Å². The van der Waals surface area contributed by atoms with Gasteiger partial charge in [-0.25, -0.2) is 0 Å². The first kappa shape index (κ1) is 44.4. The number of hydrogen-bond donors (Lipinski definition) is 1. The Labute approximate surface area is 296 Å². The molecule has 1 fully saturated rings. The molecular formula is C41H77NO6. The van der Waals surface area contributed by atoms with Crippen LogP contribution in [0.3, 0.4) is 0 Å². The van der Waals surface area contributed by atoms with E-state index in [1.54, 1.807) is 0 Å². The maximum absolute atomic E-state index is 12.9. The normalized spacial score (nSPS) is 16.5. The zero-order chi connectivity index (χ0) is 35.2. The highest BCUT2D eigenvalue weighted by Gasteiger charge is 2.23. The van der Waals surface area contributed by atoms with Crippen LogP contribution in [-0.4, -0.2) is 48.8 Å². The Morgan fingerprint density at radius 3 is 1.31 bits per heavy atom. The molecule has 7 nitrogen and oxygen atoms in total. The molecule has 1 saturated heterocycles. The molecule has 0 saturated carbocycles. The minimum absolute atomic E-state index is 0.0488. The minimum Gasteiger partial charge on any atom is -0.462 e. The molecule has 0 aliphatic carbocycles. The Kier molecular flexibility index (Phi) is 27.9. The number of esters is 3. The molecule has 0 aromatic heterocycles. The van der Waals surface area contributed by atoms with E-state index >= 15 is 0 Å². The summed E-state index contributed by atoms with van der Waals surface area (Å²) in [7, 11) is 0. The average molecular weight is 680 g/mol. The molecule has 0 radical (unpaired) electrons. The van der Waals surface area contributed by atoms with Crippen molar-refractivity contribution >= 4 is 17.9 Å². The molecular weight excluding hydrogens is 602 g/mol. The van der Waals surface area contributed by atoms with Crippen molar-refractivity contribution in [3.05, 3.63) is 0 Å². The second-order valence-corrected chi connectivity index (χ2v) is 14.8. The summed E-state index contributed by atoms with van der Waals surface area (Å²) in [6.07, 6.45) is 26.0. The predicted octanol–water partition coefficient (Wildman–Crippen LogP) is 10.9. The summed E-state index contributed by atoms with van der Waals surface area (Å²) in [5.74, 6) is 0.256. The fourth-order valence-electron chi connectivity index (χ4n) is 6.88. The lowest BCUT2D eigenvalue weighted by Gasteiger charge is -2.28. The third-order valence-corrected chi connectivity index (χ3v) is 9.91. The number of nitrogens with one attached hydrogen (secondary N) is 1. The van der Waals surface area contributed by atoms with E-state index in [2.05, 4.69) is 39.9 Å². The summed E-state index contributed by atoms with van der Waals surface area (Å²) in [6, 6.07) is 0.457. The Hall–Kier alpha value is -1.63. The van der Waals surface area contributed by atoms with Gasteiger partial charge < -0.3 is 19.5 Å². The van der Waals surface area contributed by atoms with Crippen molar-refractivity contribution in [3.63, 3.8) is 0 Å². The van der Waals surface area contributed by atoms with Crippen LogP contribution in [0.25, 0.3) is 0 Å². The second kappa shape index (κ2) is 30.2. The summed E-state index contributed by atoms with van der Waals surface area (Å²) < 4.78 is 17.7. The number of ether oxygens (including phenoxy) is 3. The Balaban J connectivity index is 2.43. The largest absolute Gasteiger partial charge is 0.462 e. The lowest BCUT2D eigenvalue weighted by molar-refractivity contribution is -0.152. The van der Waals surface area contributed by atoms with E-state index in [9.17, 15) is 14.4 Å². The highest BCUT2D eigenvalue weighted by atomic mass is 16.6. The van der Waals surface area contributed by atoms with E-state index in [1.807, 2.05) is 0 Å². The van der Waals surface area contributed by atoms with Crippen LogP contribution in [0.2, 0.25) is 0 Å². The van der Waals surface area contributed by atoms with Crippen LogP contribution >= 0.6 is 0 Å². The van der Waals surface area contributed by atoms with E-state index in [0.717, 1.165) is 161 Å². The van der Waals surface area contributed by atoms with Crippen LogP contribution in [0.4, 0.5) is 0 Å². The molecule has 48 heavy (non-hydrogen) atoms. The first-order chi connectivity index (χ1) is 23.3. The Morgan fingerprint density at radius 2 is 0.917 bits per heavy atom. The van der Waals surface area contributed by atoms with Crippen molar-refractivity contribution in [2.75, 3.05) is 6.54 Å². The molecule has 1 aliphatic heterocycles. The maximum atomic E-state index is 12.9. The van der Waals surface area contributed by atoms with Gasteiger partial charge in [0, 0.05) is 25.3 Å². The van der Waals surface area contributed by atoms with Crippen LogP contribution in [-0.2, 0) is 28.6 Å². The summed E-state index contributed by atoms with van der Waals surface area (Å²) >= 11 is 0. The summed E-state index contributed by atoms with van der Waals surface area (Å²) in [4.78, 5) is 37.9. The van der Waals surface area contributed by atoms with Crippen LogP contribution in [0.1, 0.15) is 208 Å². The van der Waals surface area contributed by atoms with Gasteiger partial charge in [-0.2, -0.15) is 0 Å². The lowest BCUT2D eigenvalue weighted by Crippen LogP contribution is -2.36. The van der Waals surface area contributed by atoms with Gasteiger partial charge in [0.05, 0.1) is 0 Å². The van der Waals surface area contributed by atoms with E-state index in [4.69, 9.17) is 14.2 Å². The first-order valence-corrected chi connectivity index (χ1v) is 20.6. The molecule has 0 bridgehead atoms. The molecule has 0 amide bonds. The predicted molar refractivity (Wildman–Crippen MR) is 198 cm³/mol. The van der Waals surface area contributed by atoms with Crippen LogP contribution in [0.5, 0.6) is 0 Å². The second-order valence-electron chi connectivity index (χ2n) is 14.8. The molecule has 2 unspecified atom stereocenters. The molecule has 0 spiro atoms. The zero-order valence-electron chi connectivity index (χ0n) is 32.1. The summed E-state index contributed by atoms with van der Waals surface area (Å²) in [5, 5.41) is 3.47. The smallest absolute Gasteiger partial charge is 0.306 e. The summed E-state index contributed by atoms with van der Waals surface area (Å²) in [6.45, 7) is 11.9. The van der Waals surface area contributed by atoms with Gasteiger partial charge in [0.25, 0.3) is 0 Å². The molecule has 7 heteroatoms. The van der Waals surface area contributed by atoms with E-state index < -0.39 is 0 Å². The molecule has 1 N–H and O–H groups in total. The Bertz CT molecular complexity index is 742. The van der Waals surface area contributed by atoms with Crippen molar-refractivity contribution in [3.8, 4) is 0 Å². The fraction of sp³-hybridized carbons (Fsp3) is 0.927. The average Bonchev–Trinajstić information content (AvgIpc) is 3.06. The quantitative estimate of drug-likeness (QED) is 0.0443. The van der Waals surface area contributed by atoms with Crippen molar-refractivity contribution in [2.45, 2.75) is 232 Å². The van der Waals surface area contributed by atoms with Gasteiger partial charge in [-0.15, -0.1) is 0 Å².